The van der Waals surface area contributed by atoms with Gasteiger partial charge in [-0.3, -0.25) is 4.84 Å². The number of rotatable bonds is 8. The summed E-state index contributed by atoms with van der Waals surface area (Å²) in [5.41, 5.74) is 2.14. The second kappa shape index (κ2) is 7.86. The molecule has 0 fully saturated rings. The zero-order valence-corrected chi connectivity index (χ0v) is 8.76. The van der Waals surface area contributed by atoms with Crippen LogP contribution in [-0.2, 0) is 14.3 Å². The molecule has 7 heteroatoms. The second-order valence-electron chi connectivity index (χ2n) is 2.59. The number of hydrogen-bond donors (Lipinski definition) is 1. The second-order valence-corrected chi connectivity index (χ2v) is 2.59. The fraction of sp³-hybridized carbons (Fsp3) is 1.00. The van der Waals surface area contributed by atoms with Crippen molar-refractivity contribution in [1.29, 1.82) is 0 Å². The van der Waals surface area contributed by atoms with E-state index in [0.717, 1.165) is 0 Å². The Hall–Kier alpha value is -0.370. The molecule has 4 nitrogen and oxygen atoms in total. The van der Waals surface area contributed by atoms with Gasteiger partial charge in [0, 0.05) is 13.2 Å². The first kappa shape index (κ1) is 14.6. The van der Waals surface area contributed by atoms with Crippen LogP contribution >= 0.6 is 0 Å². The van der Waals surface area contributed by atoms with Crippen molar-refractivity contribution in [3.8, 4) is 0 Å². The van der Waals surface area contributed by atoms with Crippen LogP contribution in [-0.4, -0.2) is 38.8 Å². The predicted octanol–water partition coefficient (Wildman–Crippen LogP) is 1.47. The van der Waals surface area contributed by atoms with Crippen LogP contribution in [0.2, 0.25) is 0 Å². The molecule has 0 bridgehead atoms. The van der Waals surface area contributed by atoms with E-state index in [0.29, 0.717) is 13.2 Å². The van der Waals surface area contributed by atoms with Crippen LogP contribution < -0.4 is 5.48 Å². The molecule has 92 valence electrons. The third-order valence-corrected chi connectivity index (χ3v) is 1.29. The molecule has 0 aliphatic rings. The van der Waals surface area contributed by atoms with Crippen LogP contribution in [0.3, 0.4) is 0 Å². The van der Waals surface area contributed by atoms with Crippen LogP contribution in [0, 0.1) is 0 Å². The van der Waals surface area contributed by atoms with Crippen molar-refractivity contribution in [2.24, 2.45) is 0 Å². The van der Waals surface area contributed by atoms with Gasteiger partial charge in [0.25, 0.3) is 0 Å². The molecule has 0 saturated carbocycles. The topological polar surface area (TPSA) is 39.7 Å². The maximum absolute atomic E-state index is 11.6. The lowest BCUT2D eigenvalue weighted by Gasteiger charge is -2.17. The minimum Gasteiger partial charge on any atom is -0.351 e. The van der Waals surface area contributed by atoms with Gasteiger partial charge in [0.15, 0.2) is 12.9 Å². The fourth-order valence-corrected chi connectivity index (χ4v) is 0.798. The smallest absolute Gasteiger partial charge is 0.351 e. The first-order valence-corrected chi connectivity index (χ1v) is 4.64. The minimum absolute atomic E-state index is 0.0533. The fourth-order valence-electron chi connectivity index (χ4n) is 0.798. The summed E-state index contributed by atoms with van der Waals surface area (Å²) in [6.07, 6.45) is -4.92. The lowest BCUT2D eigenvalue weighted by atomic mass is 10.6. The predicted molar refractivity (Wildman–Crippen MR) is 47.0 cm³/mol. The average Bonchev–Trinajstić information content (AvgIpc) is 2.11. The average molecular weight is 231 g/mol. The normalized spacial score (nSPS) is 12.4. The van der Waals surface area contributed by atoms with Gasteiger partial charge in [-0.15, -0.1) is 0 Å². The zero-order chi connectivity index (χ0) is 11.7. The highest BCUT2D eigenvalue weighted by Crippen LogP contribution is 2.13. The number of hydrogen-bond acceptors (Lipinski definition) is 4. The summed E-state index contributed by atoms with van der Waals surface area (Å²) in [5.74, 6) is 0. The Morgan fingerprint density at radius 3 is 2.07 bits per heavy atom. The van der Waals surface area contributed by atoms with Gasteiger partial charge in [0.05, 0.1) is 6.54 Å². The summed E-state index contributed by atoms with van der Waals surface area (Å²) >= 11 is 0. The van der Waals surface area contributed by atoms with E-state index in [1.807, 2.05) is 0 Å². The number of nitrogens with one attached hydrogen (secondary N) is 1. The van der Waals surface area contributed by atoms with Crippen molar-refractivity contribution in [3.05, 3.63) is 0 Å². The molecular formula is C8H16F3NO3. The molecule has 1 N–H and O–H groups in total. The monoisotopic (exact) mass is 231 g/mol. The Labute approximate surface area is 86.6 Å². The molecular weight excluding hydrogens is 215 g/mol. The Kier molecular flexibility index (Phi) is 7.67. The first-order chi connectivity index (χ1) is 6.99. The Morgan fingerprint density at radius 1 is 1.13 bits per heavy atom. The van der Waals surface area contributed by atoms with Gasteiger partial charge in [0.2, 0.25) is 0 Å². The summed E-state index contributed by atoms with van der Waals surface area (Å²) < 4.78 is 45.1. The first-order valence-electron chi connectivity index (χ1n) is 4.64. The Bertz CT molecular complexity index is 149. The van der Waals surface area contributed by atoms with Gasteiger partial charge >= 0.3 is 6.18 Å². The van der Waals surface area contributed by atoms with E-state index in [1.54, 1.807) is 13.8 Å². The van der Waals surface area contributed by atoms with Crippen molar-refractivity contribution in [3.63, 3.8) is 0 Å². The van der Waals surface area contributed by atoms with Crippen LogP contribution in [0.5, 0.6) is 0 Å². The highest BCUT2D eigenvalue weighted by atomic mass is 19.4. The molecule has 0 aliphatic carbocycles. The summed E-state index contributed by atoms with van der Waals surface area (Å²) in [7, 11) is 0. The van der Waals surface area contributed by atoms with Crippen LogP contribution in [0.4, 0.5) is 13.2 Å². The molecule has 0 heterocycles. The number of alkyl halides is 3. The molecule has 0 aromatic rings. The van der Waals surface area contributed by atoms with Crippen molar-refractivity contribution in [2.75, 3.05) is 26.4 Å². The molecule has 0 aromatic carbocycles. The molecule has 0 atom stereocenters. The molecule has 0 saturated heterocycles. The minimum atomic E-state index is -4.33. The zero-order valence-electron chi connectivity index (χ0n) is 8.76. The number of ether oxygens (including phenoxy) is 2. The van der Waals surface area contributed by atoms with Gasteiger partial charge in [0.1, 0.15) is 0 Å². The van der Waals surface area contributed by atoms with E-state index in [2.05, 4.69) is 10.3 Å². The third-order valence-electron chi connectivity index (χ3n) is 1.29. The number of hydroxylamine groups is 1. The lowest BCUT2D eigenvalue weighted by molar-refractivity contribution is -0.202. The maximum atomic E-state index is 11.6. The van der Waals surface area contributed by atoms with Crippen LogP contribution in [0.15, 0.2) is 0 Å². The van der Waals surface area contributed by atoms with Gasteiger partial charge in [-0.1, -0.05) is 0 Å². The van der Waals surface area contributed by atoms with Crippen LogP contribution in [0.25, 0.3) is 0 Å². The van der Waals surface area contributed by atoms with Gasteiger partial charge in [-0.05, 0) is 13.8 Å². The Balaban J connectivity index is 3.52. The molecule has 15 heavy (non-hydrogen) atoms. The van der Waals surface area contributed by atoms with E-state index in [4.69, 9.17) is 9.47 Å². The van der Waals surface area contributed by atoms with Crippen molar-refractivity contribution in [2.45, 2.75) is 26.3 Å². The van der Waals surface area contributed by atoms with E-state index in [-0.39, 0.29) is 6.54 Å². The maximum Gasteiger partial charge on any atom is 0.413 e. The van der Waals surface area contributed by atoms with E-state index < -0.39 is 19.1 Å². The van der Waals surface area contributed by atoms with Gasteiger partial charge in [-0.2, -0.15) is 18.7 Å². The molecule has 0 unspecified atom stereocenters. The molecule has 0 aromatic heterocycles. The van der Waals surface area contributed by atoms with Crippen molar-refractivity contribution < 1.29 is 27.5 Å². The van der Waals surface area contributed by atoms with Crippen molar-refractivity contribution >= 4 is 0 Å². The summed E-state index contributed by atoms with van der Waals surface area (Å²) in [4.78, 5) is 4.19. The largest absolute Gasteiger partial charge is 0.413 e. The molecule has 0 radical (unpaired) electrons. The Morgan fingerprint density at radius 2 is 1.67 bits per heavy atom. The summed E-state index contributed by atoms with van der Waals surface area (Å²) in [6, 6.07) is 0. The van der Waals surface area contributed by atoms with E-state index >= 15 is 0 Å². The summed E-state index contributed by atoms with van der Waals surface area (Å²) in [6.45, 7) is 3.10. The molecule has 0 rings (SSSR count). The number of halogens is 3. The van der Waals surface area contributed by atoms with Crippen LogP contribution in [0.1, 0.15) is 13.8 Å². The highest BCUT2D eigenvalue weighted by Gasteiger charge is 2.27. The third kappa shape index (κ3) is 9.92. The molecule has 0 spiro atoms. The van der Waals surface area contributed by atoms with E-state index in [9.17, 15) is 13.2 Å². The van der Waals surface area contributed by atoms with Crippen molar-refractivity contribution in [1.82, 2.24) is 5.48 Å². The lowest BCUT2D eigenvalue weighted by Crippen LogP contribution is -2.34. The van der Waals surface area contributed by atoms with Gasteiger partial charge < -0.3 is 9.47 Å². The van der Waals surface area contributed by atoms with E-state index in [1.165, 1.54) is 0 Å². The standard InChI is InChI=1S/C8H16F3NO3/c1-3-13-7(14-4-2)5-12-15-6-8(9,10)11/h7,12H,3-6H2,1-2H3. The molecule has 0 aliphatic heterocycles. The highest BCUT2D eigenvalue weighted by molar-refractivity contribution is 4.47. The van der Waals surface area contributed by atoms with Gasteiger partial charge in [-0.25, -0.2) is 0 Å². The summed E-state index contributed by atoms with van der Waals surface area (Å²) in [5, 5.41) is 0. The SMILES string of the molecule is CCOC(CNOCC(F)(F)F)OCC. The quantitative estimate of drug-likeness (QED) is 0.390. The molecule has 0 amide bonds.